The third-order valence-corrected chi connectivity index (χ3v) is 8.32. The van der Waals surface area contributed by atoms with Gasteiger partial charge < -0.3 is 14.9 Å². The lowest BCUT2D eigenvalue weighted by molar-refractivity contribution is -0.180. The highest BCUT2D eigenvalue weighted by atomic mass is 16.6. The number of benzene rings is 1. The normalized spacial score (nSPS) is 37.2. The fourth-order valence-electron chi connectivity index (χ4n) is 6.25. The van der Waals surface area contributed by atoms with Crippen LogP contribution in [-0.2, 0) is 4.74 Å². The lowest BCUT2D eigenvalue weighted by Gasteiger charge is -2.39. The average Bonchev–Trinajstić information content (AvgIpc) is 2.76. The van der Waals surface area contributed by atoms with E-state index in [2.05, 4.69) is 6.92 Å². The van der Waals surface area contributed by atoms with E-state index in [4.69, 9.17) is 4.74 Å². The number of aromatic hydroxyl groups is 1. The molecule has 0 heterocycles. The second-order valence-electron chi connectivity index (χ2n) is 10.3. The Balaban J connectivity index is 1.18. The molecule has 1 unspecified atom stereocenters. The second-order valence-corrected chi connectivity index (χ2v) is 10.3. The Kier molecular flexibility index (Phi) is 7.18. The van der Waals surface area contributed by atoms with Gasteiger partial charge in [0.1, 0.15) is 5.75 Å². The average molecular weight is 401 g/mol. The third kappa shape index (κ3) is 5.55. The van der Waals surface area contributed by atoms with Crippen molar-refractivity contribution in [2.24, 2.45) is 23.7 Å². The fourth-order valence-corrected chi connectivity index (χ4v) is 6.25. The summed E-state index contributed by atoms with van der Waals surface area (Å²) in [6.07, 6.45) is 14.5. The molecule has 3 aliphatic carbocycles. The zero-order valence-corrected chi connectivity index (χ0v) is 18.1. The van der Waals surface area contributed by atoms with E-state index < -0.39 is 6.29 Å². The predicted molar refractivity (Wildman–Crippen MR) is 117 cm³/mol. The lowest BCUT2D eigenvalue weighted by Crippen LogP contribution is -2.34. The van der Waals surface area contributed by atoms with E-state index in [-0.39, 0.29) is 6.10 Å². The Morgan fingerprint density at radius 2 is 1.31 bits per heavy atom. The summed E-state index contributed by atoms with van der Waals surface area (Å²) in [5.74, 6) is 4.00. The van der Waals surface area contributed by atoms with Gasteiger partial charge in [0, 0.05) is 5.92 Å². The van der Waals surface area contributed by atoms with Crippen LogP contribution >= 0.6 is 0 Å². The van der Waals surface area contributed by atoms with Crippen molar-refractivity contribution < 1.29 is 14.9 Å². The van der Waals surface area contributed by atoms with Gasteiger partial charge in [-0.15, -0.1) is 0 Å². The van der Waals surface area contributed by atoms with Crippen molar-refractivity contribution in [1.82, 2.24) is 0 Å². The van der Waals surface area contributed by atoms with Crippen LogP contribution in [0.15, 0.2) is 24.3 Å². The molecule has 0 aromatic heterocycles. The molecule has 3 nitrogen and oxygen atoms in total. The number of rotatable bonds is 5. The molecule has 1 atom stereocenters. The summed E-state index contributed by atoms with van der Waals surface area (Å²) in [5.41, 5.74) is 1.32. The molecule has 3 saturated carbocycles. The highest BCUT2D eigenvalue weighted by molar-refractivity contribution is 5.28. The zero-order chi connectivity index (χ0) is 20.2. The number of phenolic OH excluding ortho intramolecular Hbond substituents is 1. The van der Waals surface area contributed by atoms with Crippen LogP contribution in [0.2, 0.25) is 0 Å². The fraction of sp³-hybridized carbons (Fsp3) is 0.769. The van der Waals surface area contributed by atoms with E-state index in [1.807, 2.05) is 12.1 Å². The topological polar surface area (TPSA) is 49.7 Å². The Morgan fingerprint density at radius 3 is 1.90 bits per heavy atom. The maximum Gasteiger partial charge on any atom is 0.157 e. The highest BCUT2D eigenvalue weighted by Crippen LogP contribution is 2.42. The van der Waals surface area contributed by atoms with Gasteiger partial charge in [0.15, 0.2) is 6.29 Å². The Morgan fingerprint density at radius 1 is 0.759 bits per heavy atom. The number of phenols is 1. The summed E-state index contributed by atoms with van der Waals surface area (Å²) in [5, 5.41) is 20.2. The second kappa shape index (κ2) is 9.83. The molecule has 0 amide bonds. The monoisotopic (exact) mass is 400 g/mol. The van der Waals surface area contributed by atoms with Crippen molar-refractivity contribution in [3.8, 4) is 5.75 Å². The Bertz CT molecular complexity index is 603. The smallest absolute Gasteiger partial charge is 0.157 e. The van der Waals surface area contributed by atoms with Crippen molar-refractivity contribution in [3.63, 3.8) is 0 Å². The van der Waals surface area contributed by atoms with Gasteiger partial charge in [-0.05, 0) is 106 Å². The third-order valence-electron chi connectivity index (χ3n) is 8.32. The van der Waals surface area contributed by atoms with E-state index in [0.717, 1.165) is 56.3 Å². The minimum absolute atomic E-state index is 0.205. The van der Waals surface area contributed by atoms with Gasteiger partial charge in [-0.3, -0.25) is 0 Å². The first-order valence-corrected chi connectivity index (χ1v) is 12.2. The predicted octanol–water partition coefficient (Wildman–Crippen LogP) is 6.39. The molecule has 3 fully saturated rings. The minimum Gasteiger partial charge on any atom is -0.508 e. The van der Waals surface area contributed by atoms with Crippen LogP contribution in [-0.4, -0.2) is 22.6 Å². The van der Waals surface area contributed by atoms with Gasteiger partial charge in [0.05, 0.1) is 6.10 Å². The Labute approximate surface area is 176 Å². The maximum atomic E-state index is 10.7. The number of hydrogen-bond donors (Lipinski definition) is 2. The molecule has 2 N–H and O–H groups in total. The van der Waals surface area contributed by atoms with Crippen LogP contribution in [0.3, 0.4) is 0 Å². The van der Waals surface area contributed by atoms with Crippen LogP contribution in [0.5, 0.6) is 5.75 Å². The molecule has 0 radical (unpaired) electrons. The summed E-state index contributed by atoms with van der Waals surface area (Å²) < 4.78 is 6.14. The number of aliphatic hydroxyl groups is 1. The number of ether oxygens (including phenoxy) is 1. The molecule has 3 aliphatic rings. The van der Waals surface area contributed by atoms with Crippen molar-refractivity contribution in [2.75, 3.05) is 0 Å². The standard InChI is InChI=1S/C26H40O3/c1-18-2-4-19(5-3-18)20-6-8-23(9-7-20)26(28)29-25-16-12-22(13-17-25)21-10-14-24(27)15-11-21/h10-11,14-15,18-20,22-23,25-28H,2-9,12-13,16-17H2,1H3/t18-,19-,20?,22-,23?,25-,26?. The van der Waals surface area contributed by atoms with Crippen molar-refractivity contribution in [2.45, 2.75) is 102 Å². The SMILES string of the molecule is C[C@H]1CC[C@H](C2CCC(C(O)O[C@H]3CC[C@H](c4ccc(O)cc4)CC3)CC2)CC1. The van der Waals surface area contributed by atoms with Gasteiger partial charge >= 0.3 is 0 Å². The van der Waals surface area contributed by atoms with Gasteiger partial charge in [-0.1, -0.05) is 31.9 Å². The molecule has 1 aromatic carbocycles. The first-order chi connectivity index (χ1) is 14.1. The molecule has 0 aliphatic heterocycles. The molecule has 0 saturated heterocycles. The molecule has 3 heteroatoms. The highest BCUT2D eigenvalue weighted by Gasteiger charge is 2.34. The van der Waals surface area contributed by atoms with Crippen LogP contribution in [0, 0.1) is 23.7 Å². The Hall–Kier alpha value is -1.06. The van der Waals surface area contributed by atoms with Crippen molar-refractivity contribution in [1.29, 1.82) is 0 Å². The van der Waals surface area contributed by atoms with E-state index in [1.165, 1.54) is 44.1 Å². The zero-order valence-electron chi connectivity index (χ0n) is 18.1. The van der Waals surface area contributed by atoms with Crippen LogP contribution in [0.1, 0.15) is 95.5 Å². The van der Waals surface area contributed by atoms with E-state index >= 15 is 0 Å². The summed E-state index contributed by atoms with van der Waals surface area (Å²) in [7, 11) is 0. The summed E-state index contributed by atoms with van der Waals surface area (Å²) >= 11 is 0. The summed E-state index contributed by atoms with van der Waals surface area (Å²) in [4.78, 5) is 0. The molecule has 4 rings (SSSR count). The minimum atomic E-state index is -0.572. The molecule has 162 valence electrons. The lowest BCUT2D eigenvalue weighted by atomic mass is 9.69. The summed E-state index contributed by atoms with van der Waals surface area (Å²) in [6.45, 7) is 2.40. The van der Waals surface area contributed by atoms with Crippen LogP contribution in [0.4, 0.5) is 0 Å². The van der Waals surface area contributed by atoms with Gasteiger partial charge in [0.2, 0.25) is 0 Å². The van der Waals surface area contributed by atoms with Crippen LogP contribution in [0.25, 0.3) is 0 Å². The first kappa shape index (κ1) is 21.2. The molecular weight excluding hydrogens is 360 g/mol. The molecule has 1 aromatic rings. The molecule has 29 heavy (non-hydrogen) atoms. The number of aliphatic hydroxyl groups excluding tert-OH is 1. The largest absolute Gasteiger partial charge is 0.508 e. The van der Waals surface area contributed by atoms with E-state index in [1.54, 1.807) is 12.1 Å². The van der Waals surface area contributed by atoms with Crippen molar-refractivity contribution in [3.05, 3.63) is 29.8 Å². The van der Waals surface area contributed by atoms with Gasteiger partial charge in [-0.25, -0.2) is 0 Å². The first-order valence-electron chi connectivity index (χ1n) is 12.2. The molecule has 0 spiro atoms. The quantitative estimate of drug-likeness (QED) is 0.563. The summed E-state index contributed by atoms with van der Waals surface area (Å²) in [6, 6.07) is 7.65. The molecule has 0 bridgehead atoms. The number of hydrogen-bond acceptors (Lipinski definition) is 3. The van der Waals surface area contributed by atoms with E-state index in [0.29, 0.717) is 17.6 Å². The maximum absolute atomic E-state index is 10.7. The van der Waals surface area contributed by atoms with Gasteiger partial charge in [0.25, 0.3) is 0 Å². The van der Waals surface area contributed by atoms with Gasteiger partial charge in [-0.2, -0.15) is 0 Å². The van der Waals surface area contributed by atoms with E-state index in [9.17, 15) is 10.2 Å². The molecular formula is C26H40O3. The van der Waals surface area contributed by atoms with Crippen LogP contribution < -0.4 is 0 Å². The van der Waals surface area contributed by atoms with Crippen molar-refractivity contribution >= 4 is 0 Å².